The predicted octanol–water partition coefficient (Wildman–Crippen LogP) is 3.50. The Morgan fingerprint density at radius 1 is 1.38 bits per heavy atom. The van der Waals surface area contributed by atoms with E-state index in [1.54, 1.807) is 6.92 Å². The van der Waals surface area contributed by atoms with Gasteiger partial charge in [0.2, 0.25) is 0 Å². The number of aliphatic hydroxyl groups is 1. The normalized spacial score (nSPS) is 17.5. The summed E-state index contributed by atoms with van der Waals surface area (Å²) >= 11 is 0. The molecule has 2 rings (SSSR count). The Morgan fingerprint density at radius 2 is 2.06 bits per heavy atom. The zero-order chi connectivity index (χ0) is 11.7. The molecule has 1 N–H and O–H groups in total. The van der Waals surface area contributed by atoms with Gasteiger partial charge in [0.1, 0.15) is 11.6 Å². The van der Waals surface area contributed by atoms with E-state index in [0.717, 1.165) is 6.42 Å². The lowest BCUT2D eigenvalue weighted by Crippen LogP contribution is -2.06. The summed E-state index contributed by atoms with van der Waals surface area (Å²) in [5, 5.41) is 9.80. The zero-order valence-electron chi connectivity index (χ0n) is 9.34. The fourth-order valence-corrected chi connectivity index (χ4v) is 1.93. The quantitative estimate of drug-likeness (QED) is 0.833. The van der Waals surface area contributed by atoms with Crippen LogP contribution in [0, 0.1) is 24.5 Å². The smallest absolute Gasteiger partial charge is 0.134 e. The molecule has 0 heterocycles. The number of aryl methyl sites for hydroxylation is 1. The molecule has 88 valence electrons. The lowest BCUT2D eigenvalue weighted by molar-refractivity contribution is 0.152. The number of benzene rings is 1. The summed E-state index contributed by atoms with van der Waals surface area (Å²) in [6.45, 7) is 1.58. The average molecular weight is 226 g/mol. The number of halogens is 2. The molecular formula is C13H16F2O. The molecule has 3 heteroatoms. The van der Waals surface area contributed by atoms with E-state index in [0.29, 0.717) is 17.9 Å². The third-order valence-corrected chi connectivity index (χ3v) is 3.20. The number of aliphatic hydroxyl groups excluding tert-OH is 1. The largest absolute Gasteiger partial charge is 0.388 e. The SMILES string of the molecule is Cc1ccc(F)c(C(O)CCC2CC2)c1F. The highest BCUT2D eigenvalue weighted by Crippen LogP contribution is 2.36. The van der Waals surface area contributed by atoms with Gasteiger partial charge in [-0.25, -0.2) is 8.78 Å². The maximum Gasteiger partial charge on any atom is 0.134 e. The first-order valence-corrected chi connectivity index (χ1v) is 5.72. The molecule has 0 bridgehead atoms. The lowest BCUT2D eigenvalue weighted by atomic mass is 10.00. The van der Waals surface area contributed by atoms with Gasteiger partial charge in [-0.1, -0.05) is 18.9 Å². The molecule has 1 unspecified atom stereocenters. The molecule has 0 radical (unpaired) electrons. The van der Waals surface area contributed by atoms with Gasteiger partial charge in [0.25, 0.3) is 0 Å². The van der Waals surface area contributed by atoms with Crippen LogP contribution < -0.4 is 0 Å². The topological polar surface area (TPSA) is 20.2 Å². The fraction of sp³-hybridized carbons (Fsp3) is 0.538. The second kappa shape index (κ2) is 4.50. The average Bonchev–Trinajstić information content (AvgIpc) is 3.05. The molecule has 0 aliphatic heterocycles. The van der Waals surface area contributed by atoms with E-state index < -0.39 is 17.7 Å². The Morgan fingerprint density at radius 3 is 2.69 bits per heavy atom. The monoisotopic (exact) mass is 226 g/mol. The van der Waals surface area contributed by atoms with Crippen LogP contribution in [0.2, 0.25) is 0 Å². The van der Waals surface area contributed by atoms with Crippen molar-refractivity contribution >= 4 is 0 Å². The lowest BCUT2D eigenvalue weighted by Gasteiger charge is -2.13. The van der Waals surface area contributed by atoms with Gasteiger partial charge in [0, 0.05) is 0 Å². The van der Waals surface area contributed by atoms with Crippen molar-refractivity contribution in [2.24, 2.45) is 5.92 Å². The Balaban J connectivity index is 2.13. The van der Waals surface area contributed by atoms with Gasteiger partial charge in [0.05, 0.1) is 11.7 Å². The van der Waals surface area contributed by atoms with Crippen molar-refractivity contribution in [3.8, 4) is 0 Å². The van der Waals surface area contributed by atoms with E-state index in [-0.39, 0.29) is 5.56 Å². The Kier molecular flexibility index (Phi) is 3.24. The van der Waals surface area contributed by atoms with Crippen molar-refractivity contribution in [2.45, 2.75) is 38.7 Å². The first-order valence-electron chi connectivity index (χ1n) is 5.72. The highest BCUT2D eigenvalue weighted by molar-refractivity contribution is 5.28. The molecule has 0 amide bonds. The Labute approximate surface area is 94.1 Å². The molecule has 0 spiro atoms. The van der Waals surface area contributed by atoms with Crippen LogP contribution in [0.25, 0.3) is 0 Å². The van der Waals surface area contributed by atoms with E-state index in [1.165, 1.54) is 25.0 Å². The van der Waals surface area contributed by atoms with Crippen LogP contribution in [-0.2, 0) is 0 Å². The molecular weight excluding hydrogens is 210 g/mol. The van der Waals surface area contributed by atoms with Crippen LogP contribution in [-0.4, -0.2) is 5.11 Å². The van der Waals surface area contributed by atoms with Crippen molar-refractivity contribution in [3.63, 3.8) is 0 Å². The van der Waals surface area contributed by atoms with Crippen molar-refractivity contribution in [1.82, 2.24) is 0 Å². The second-order valence-electron chi connectivity index (χ2n) is 4.63. The van der Waals surface area contributed by atoms with Crippen molar-refractivity contribution in [2.75, 3.05) is 0 Å². The van der Waals surface area contributed by atoms with Crippen LogP contribution in [0.5, 0.6) is 0 Å². The van der Waals surface area contributed by atoms with Gasteiger partial charge in [0.15, 0.2) is 0 Å². The number of rotatable bonds is 4. The molecule has 1 aliphatic rings. The molecule has 1 aliphatic carbocycles. The van der Waals surface area contributed by atoms with Crippen LogP contribution in [0.1, 0.15) is 42.9 Å². The molecule has 1 fully saturated rings. The van der Waals surface area contributed by atoms with Crippen LogP contribution in [0.4, 0.5) is 8.78 Å². The maximum absolute atomic E-state index is 13.7. The first kappa shape index (κ1) is 11.5. The first-order chi connectivity index (χ1) is 7.59. The van der Waals surface area contributed by atoms with Crippen molar-refractivity contribution in [1.29, 1.82) is 0 Å². The highest BCUT2D eigenvalue weighted by Gasteiger charge is 2.25. The van der Waals surface area contributed by atoms with Crippen molar-refractivity contribution in [3.05, 3.63) is 34.9 Å². The summed E-state index contributed by atoms with van der Waals surface area (Å²) in [6, 6.07) is 2.61. The van der Waals surface area contributed by atoms with Crippen LogP contribution >= 0.6 is 0 Å². The van der Waals surface area contributed by atoms with E-state index in [9.17, 15) is 13.9 Å². The zero-order valence-corrected chi connectivity index (χ0v) is 9.34. The number of hydrogen-bond donors (Lipinski definition) is 1. The third-order valence-electron chi connectivity index (χ3n) is 3.20. The molecule has 0 aromatic heterocycles. The van der Waals surface area contributed by atoms with Gasteiger partial charge in [-0.2, -0.15) is 0 Å². The van der Waals surface area contributed by atoms with Crippen LogP contribution in [0.15, 0.2) is 12.1 Å². The van der Waals surface area contributed by atoms with Gasteiger partial charge in [-0.05, 0) is 37.3 Å². The number of hydrogen-bond acceptors (Lipinski definition) is 1. The van der Waals surface area contributed by atoms with Gasteiger partial charge in [-0.15, -0.1) is 0 Å². The minimum Gasteiger partial charge on any atom is -0.388 e. The van der Waals surface area contributed by atoms with Gasteiger partial charge < -0.3 is 5.11 Å². The molecule has 16 heavy (non-hydrogen) atoms. The summed E-state index contributed by atoms with van der Waals surface area (Å²) < 4.78 is 27.1. The van der Waals surface area contributed by atoms with E-state index >= 15 is 0 Å². The summed E-state index contributed by atoms with van der Waals surface area (Å²) in [6.07, 6.45) is 2.66. The molecule has 1 saturated carbocycles. The van der Waals surface area contributed by atoms with Crippen molar-refractivity contribution < 1.29 is 13.9 Å². The van der Waals surface area contributed by atoms with E-state index in [4.69, 9.17) is 0 Å². The fourth-order valence-electron chi connectivity index (χ4n) is 1.93. The Bertz CT molecular complexity index is 386. The highest BCUT2D eigenvalue weighted by atomic mass is 19.1. The van der Waals surface area contributed by atoms with Crippen LogP contribution in [0.3, 0.4) is 0 Å². The third kappa shape index (κ3) is 2.40. The minimum atomic E-state index is -1.01. The summed E-state index contributed by atoms with van der Waals surface area (Å²) in [4.78, 5) is 0. The second-order valence-corrected chi connectivity index (χ2v) is 4.63. The minimum absolute atomic E-state index is 0.166. The maximum atomic E-state index is 13.7. The summed E-state index contributed by atoms with van der Waals surface area (Å²) in [5.41, 5.74) is 0.211. The standard InChI is InChI=1S/C13H16F2O/c1-8-2-6-10(14)12(13(8)15)11(16)7-5-9-3-4-9/h2,6,9,11,16H,3-5,7H2,1H3. The Hall–Kier alpha value is -0.960. The van der Waals surface area contributed by atoms with Gasteiger partial charge in [-0.3, -0.25) is 0 Å². The van der Waals surface area contributed by atoms with E-state index in [1.807, 2.05) is 0 Å². The summed E-state index contributed by atoms with van der Waals surface area (Å²) in [5.74, 6) is -0.597. The molecule has 1 aromatic rings. The molecule has 1 nitrogen and oxygen atoms in total. The van der Waals surface area contributed by atoms with Gasteiger partial charge >= 0.3 is 0 Å². The molecule has 0 saturated heterocycles. The molecule has 1 atom stereocenters. The molecule has 1 aromatic carbocycles. The van der Waals surface area contributed by atoms with E-state index in [2.05, 4.69) is 0 Å². The predicted molar refractivity (Wildman–Crippen MR) is 58.0 cm³/mol. The summed E-state index contributed by atoms with van der Waals surface area (Å²) in [7, 11) is 0.